The molecular weight excluding hydrogens is 182 g/mol. The van der Waals surface area contributed by atoms with Crippen LogP contribution in [-0.4, -0.2) is 25.0 Å². The highest BCUT2D eigenvalue weighted by Crippen LogP contribution is 2.05. The van der Waals surface area contributed by atoms with Crippen LogP contribution in [0.1, 0.15) is 33.6 Å². The predicted molar refractivity (Wildman–Crippen MR) is 54.1 cm³/mol. The van der Waals surface area contributed by atoms with Crippen molar-refractivity contribution in [2.24, 2.45) is 5.92 Å². The van der Waals surface area contributed by atoms with Crippen molar-refractivity contribution < 1.29 is 14.3 Å². The molecule has 0 aromatic carbocycles. The lowest BCUT2D eigenvalue weighted by Crippen LogP contribution is -2.42. The van der Waals surface area contributed by atoms with E-state index in [4.69, 9.17) is 0 Å². The van der Waals surface area contributed by atoms with E-state index in [1.54, 1.807) is 0 Å². The largest absolute Gasteiger partial charge is 0.453 e. The second kappa shape index (κ2) is 6.40. The minimum atomic E-state index is -0.544. The van der Waals surface area contributed by atoms with Crippen LogP contribution in [0.25, 0.3) is 0 Å². The monoisotopic (exact) mass is 201 g/mol. The molecular formula is C10H19NO3. The molecule has 1 N–H and O–H groups in total. The Bertz CT molecular complexity index is 202. The second-order valence-electron chi connectivity index (χ2n) is 3.53. The van der Waals surface area contributed by atoms with Gasteiger partial charge in [-0.3, -0.25) is 4.79 Å². The number of ketones is 1. The van der Waals surface area contributed by atoms with E-state index in [1.807, 2.05) is 20.8 Å². The molecule has 1 amide bonds. The number of hydrogen-bond acceptors (Lipinski definition) is 3. The summed E-state index contributed by atoms with van der Waals surface area (Å²) < 4.78 is 4.45. The first kappa shape index (κ1) is 12.9. The van der Waals surface area contributed by atoms with Gasteiger partial charge in [0.15, 0.2) is 5.78 Å². The zero-order valence-electron chi connectivity index (χ0n) is 9.29. The summed E-state index contributed by atoms with van der Waals surface area (Å²) in [6, 6.07) is -0.410. The van der Waals surface area contributed by atoms with Crippen molar-refractivity contribution in [3.05, 3.63) is 0 Å². The molecule has 0 bridgehead atoms. The van der Waals surface area contributed by atoms with Crippen LogP contribution in [0.2, 0.25) is 0 Å². The van der Waals surface area contributed by atoms with Crippen molar-refractivity contribution in [2.75, 3.05) is 7.11 Å². The molecule has 0 rings (SSSR count). The summed E-state index contributed by atoms with van der Waals surface area (Å²) >= 11 is 0. The van der Waals surface area contributed by atoms with Gasteiger partial charge in [0.05, 0.1) is 13.2 Å². The standard InChI is InChI=1S/C10H19NO3/c1-5-6-8(9(12)7(2)3)11-10(13)14-4/h7-8H,5-6H2,1-4H3,(H,11,13)/t8-/m1/s1. The van der Waals surface area contributed by atoms with Gasteiger partial charge in [0, 0.05) is 5.92 Å². The van der Waals surface area contributed by atoms with Gasteiger partial charge in [0.2, 0.25) is 0 Å². The first-order valence-corrected chi connectivity index (χ1v) is 4.91. The average molecular weight is 201 g/mol. The van der Waals surface area contributed by atoms with Crippen LogP contribution >= 0.6 is 0 Å². The number of rotatable bonds is 5. The van der Waals surface area contributed by atoms with E-state index < -0.39 is 12.1 Å². The quantitative estimate of drug-likeness (QED) is 0.737. The summed E-state index contributed by atoms with van der Waals surface area (Å²) in [5.74, 6) is -0.0130. The van der Waals surface area contributed by atoms with Crippen molar-refractivity contribution in [3.8, 4) is 0 Å². The van der Waals surface area contributed by atoms with Gasteiger partial charge in [-0.25, -0.2) is 4.79 Å². The Kier molecular flexibility index (Phi) is 5.92. The van der Waals surface area contributed by atoms with E-state index in [2.05, 4.69) is 10.1 Å². The summed E-state index contributed by atoms with van der Waals surface area (Å²) in [6.45, 7) is 5.62. The van der Waals surface area contributed by atoms with Gasteiger partial charge in [-0.1, -0.05) is 27.2 Å². The summed E-state index contributed by atoms with van der Waals surface area (Å²) in [5, 5.41) is 2.54. The highest BCUT2D eigenvalue weighted by molar-refractivity contribution is 5.88. The average Bonchev–Trinajstić information content (AvgIpc) is 2.15. The molecule has 0 spiro atoms. The third-order valence-corrected chi connectivity index (χ3v) is 1.97. The van der Waals surface area contributed by atoms with Crippen molar-refractivity contribution in [3.63, 3.8) is 0 Å². The highest BCUT2D eigenvalue weighted by Gasteiger charge is 2.22. The van der Waals surface area contributed by atoms with E-state index >= 15 is 0 Å². The number of nitrogens with one attached hydrogen (secondary N) is 1. The first-order valence-electron chi connectivity index (χ1n) is 4.91. The van der Waals surface area contributed by atoms with Crippen LogP contribution in [0.5, 0.6) is 0 Å². The van der Waals surface area contributed by atoms with Gasteiger partial charge in [0.25, 0.3) is 0 Å². The van der Waals surface area contributed by atoms with Crippen LogP contribution in [0, 0.1) is 5.92 Å². The van der Waals surface area contributed by atoms with E-state index in [9.17, 15) is 9.59 Å². The number of methoxy groups -OCH3 is 1. The maximum absolute atomic E-state index is 11.6. The third-order valence-electron chi connectivity index (χ3n) is 1.97. The van der Waals surface area contributed by atoms with E-state index in [0.717, 1.165) is 6.42 Å². The Labute approximate surface area is 85.0 Å². The van der Waals surface area contributed by atoms with Crippen LogP contribution in [-0.2, 0) is 9.53 Å². The Morgan fingerprint density at radius 3 is 2.29 bits per heavy atom. The summed E-state index contributed by atoms with van der Waals surface area (Å²) in [4.78, 5) is 22.6. The van der Waals surface area contributed by atoms with Gasteiger partial charge < -0.3 is 10.1 Å². The van der Waals surface area contributed by atoms with Crippen molar-refractivity contribution >= 4 is 11.9 Å². The molecule has 82 valence electrons. The van der Waals surface area contributed by atoms with E-state index in [1.165, 1.54) is 7.11 Å². The molecule has 0 saturated carbocycles. The molecule has 0 aromatic rings. The zero-order valence-corrected chi connectivity index (χ0v) is 9.29. The minimum Gasteiger partial charge on any atom is -0.453 e. The number of alkyl carbamates (subject to hydrolysis) is 1. The van der Waals surface area contributed by atoms with Gasteiger partial charge in [-0.05, 0) is 6.42 Å². The van der Waals surface area contributed by atoms with Crippen LogP contribution in [0.4, 0.5) is 4.79 Å². The SMILES string of the molecule is CCC[C@@H](NC(=O)OC)C(=O)C(C)C. The van der Waals surface area contributed by atoms with Gasteiger partial charge in [-0.2, -0.15) is 0 Å². The van der Waals surface area contributed by atoms with Crippen LogP contribution < -0.4 is 5.32 Å². The lowest BCUT2D eigenvalue weighted by molar-refractivity contribution is -0.124. The number of Topliss-reactive ketones (excluding diaryl/α,β-unsaturated/α-hetero) is 1. The van der Waals surface area contributed by atoms with Crippen molar-refractivity contribution in [2.45, 2.75) is 39.7 Å². The molecule has 0 unspecified atom stereocenters. The fraction of sp³-hybridized carbons (Fsp3) is 0.800. The third kappa shape index (κ3) is 4.25. The number of ether oxygens (including phenoxy) is 1. The first-order chi connectivity index (χ1) is 6.52. The van der Waals surface area contributed by atoms with Gasteiger partial charge in [0.1, 0.15) is 0 Å². The molecule has 0 radical (unpaired) electrons. The fourth-order valence-corrected chi connectivity index (χ4v) is 1.18. The minimum absolute atomic E-state index is 0.0530. The lowest BCUT2D eigenvalue weighted by Gasteiger charge is -2.17. The maximum Gasteiger partial charge on any atom is 0.407 e. The molecule has 4 heteroatoms. The molecule has 0 fully saturated rings. The number of carbonyl (C=O) groups is 2. The van der Waals surface area contributed by atoms with Crippen LogP contribution in [0.3, 0.4) is 0 Å². The number of hydrogen-bond donors (Lipinski definition) is 1. The highest BCUT2D eigenvalue weighted by atomic mass is 16.5. The summed E-state index contributed by atoms with van der Waals surface area (Å²) in [7, 11) is 1.29. The Morgan fingerprint density at radius 1 is 1.36 bits per heavy atom. The zero-order chi connectivity index (χ0) is 11.1. The van der Waals surface area contributed by atoms with Crippen molar-refractivity contribution in [1.29, 1.82) is 0 Å². The molecule has 14 heavy (non-hydrogen) atoms. The summed E-state index contributed by atoms with van der Waals surface area (Å²) in [5.41, 5.74) is 0. The van der Waals surface area contributed by atoms with Crippen molar-refractivity contribution in [1.82, 2.24) is 5.32 Å². The number of amides is 1. The molecule has 0 aromatic heterocycles. The summed E-state index contributed by atoms with van der Waals surface area (Å²) in [6.07, 6.45) is 0.969. The molecule has 0 aliphatic heterocycles. The normalized spacial score (nSPS) is 12.4. The lowest BCUT2D eigenvalue weighted by atomic mass is 9.98. The smallest absolute Gasteiger partial charge is 0.407 e. The molecule has 4 nitrogen and oxygen atoms in total. The van der Waals surface area contributed by atoms with Gasteiger partial charge in [-0.15, -0.1) is 0 Å². The Hall–Kier alpha value is -1.06. The van der Waals surface area contributed by atoms with Crippen LogP contribution in [0.15, 0.2) is 0 Å². The van der Waals surface area contributed by atoms with Gasteiger partial charge >= 0.3 is 6.09 Å². The predicted octanol–water partition coefficient (Wildman–Crippen LogP) is 1.74. The molecule has 0 saturated heterocycles. The second-order valence-corrected chi connectivity index (χ2v) is 3.53. The topological polar surface area (TPSA) is 55.4 Å². The number of carbonyl (C=O) groups excluding carboxylic acids is 2. The molecule has 0 aliphatic carbocycles. The van der Waals surface area contributed by atoms with E-state index in [-0.39, 0.29) is 11.7 Å². The Morgan fingerprint density at radius 2 is 1.93 bits per heavy atom. The maximum atomic E-state index is 11.6. The molecule has 0 heterocycles. The molecule has 0 aliphatic rings. The Balaban J connectivity index is 4.28. The van der Waals surface area contributed by atoms with E-state index in [0.29, 0.717) is 6.42 Å². The fourth-order valence-electron chi connectivity index (χ4n) is 1.18. The molecule has 1 atom stereocenters.